The third kappa shape index (κ3) is 2.13. The van der Waals surface area contributed by atoms with Gasteiger partial charge in [-0.25, -0.2) is 4.98 Å². The van der Waals surface area contributed by atoms with Crippen LogP contribution in [0.15, 0.2) is 36.8 Å². The molecule has 0 radical (unpaired) electrons. The van der Waals surface area contributed by atoms with E-state index in [0.717, 1.165) is 16.3 Å². The Hall–Kier alpha value is -2.47. The van der Waals surface area contributed by atoms with Gasteiger partial charge in [-0.2, -0.15) is 4.98 Å². The molecule has 0 saturated carbocycles. The summed E-state index contributed by atoms with van der Waals surface area (Å²) in [7, 11) is 1.76. The number of aliphatic hydroxyl groups is 1. The Labute approximate surface area is 109 Å². The van der Waals surface area contributed by atoms with Crippen molar-refractivity contribution in [3.05, 3.63) is 42.4 Å². The molecule has 0 fully saturated rings. The van der Waals surface area contributed by atoms with Crippen LogP contribution in [0.25, 0.3) is 10.8 Å². The number of rotatable bonds is 3. The van der Waals surface area contributed by atoms with Crippen LogP contribution in [0.3, 0.4) is 0 Å². The van der Waals surface area contributed by atoms with Crippen molar-refractivity contribution >= 4 is 10.8 Å². The topological polar surface area (TPSA) is 73.1 Å². The van der Waals surface area contributed by atoms with E-state index in [1.165, 1.54) is 0 Å². The predicted octanol–water partition coefficient (Wildman–Crippen LogP) is 1.65. The Morgan fingerprint density at radius 3 is 2.68 bits per heavy atom. The van der Waals surface area contributed by atoms with Gasteiger partial charge in [0.05, 0.1) is 6.61 Å². The summed E-state index contributed by atoms with van der Waals surface area (Å²) in [6.07, 6.45) is 3.15. The highest BCUT2D eigenvalue weighted by atomic mass is 16.5. The Kier molecular flexibility index (Phi) is 2.85. The van der Waals surface area contributed by atoms with Crippen molar-refractivity contribution < 1.29 is 9.84 Å². The number of benzene rings is 1. The van der Waals surface area contributed by atoms with Crippen LogP contribution < -0.4 is 4.74 Å². The van der Waals surface area contributed by atoms with E-state index in [2.05, 4.69) is 15.1 Å². The average Bonchev–Trinajstić information content (AvgIpc) is 2.85. The first-order valence-electron chi connectivity index (χ1n) is 5.79. The quantitative estimate of drug-likeness (QED) is 0.771. The summed E-state index contributed by atoms with van der Waals surface area (Å²) in [6, 6.07) is 7.85. The zero-order chi connectivity index (χ0) is 13.2. The van der Waals surface area contributed by atoms with Gasteiger partial charge in [-0.3, -0.25) is 4.68 Å². The SMILES string of the molecule is Cn1cnc(Oc2ncc(CO)c3ccccc23)n1. The second-order valence-electron chi connectivity index (χ2n) is 4.10. The largest absolute Gasteiger partial charge is 0.403 e. The fraction of sp³-hybridized carbons (Fsp3) is 0.154. The molecule has 1 N–H and O–H groups in total. The maximum Gasteiger partial charge on any atom is 0.342 e. The number of pyridine rings is 1. The molecule has 0 atom stereocenters. The van der Waals surface area contributed by atoms with Gasteiger partial charge in [-0.05, 0) is 11.5 Å². The summed E-state index contributed by atoms with van der Waals surface area (Å²) in [5, 5.41) is 15.1. The molecule has 0 bridgehead atoms. The van der Waals surface area contributed by atoms with Crippen LogP contribution in [0.5, 0.6) is 11.9 Å². The minimum Gasteiger partial charge on any atom is -0.403 e. The van der Waals surface area contributed by atoms with Gasteiger partial charge in [0.1, 0.15) is 6.33 Å². The molecule has 0 aliphatic heterocycles. The zero-order valence-electron chi connectivity index (χ0n) is 10.3. The van der Waals surface area contributed by atoms with Crippen LogP contribution in [-0.2, 0) is 13.7 Å². The van der Waals surface area contributed by atoms with Crippen LogP contribution in [0.2, 0.25) is 0 Å². The number of hydrogen-bond donors (Lipinski definition) is 1. The first kappa shape index (κ1) is 11.6. The van der Waals surface area contributed by atoms with Crippen molar-refractivity contribution in [2.24, 2.45) is 7.05 Å². The van der Waals surface area contributed by atoms with Gasteiger partial charge in [0.2, 0.25) is 5.88 Å². The van der Waals surface area contributed by atoms with Gasteiger partial charge in [0, 0.05) is 24.2 Å². The number of aromatic nitrogens is 4. The van der Waals surface area contributed by atoms with E-state index >= 15 is 0 Å². The highest BCUT2D eigenvalue weighted by molar-refractivity contribution is 5.89. The van der Waals surface area contributed by atoms with E-state index in [9.17, 15) is 5.11 Å². The lowest BCUT2D eigenvalue weighted by molar-refractivity contribution is 0.282. The number of nitrogens with zero attached hydrogens (tertiary/aromatic N) is 4. The number of aliphatic hydroxyl groups excluding tert-OH is 1. The highest BCUT2D eigenvalue weighted by Gasteiger charge is 2.10. The summed E-state index contributed by atoms with van der Waals surface area (Å²) in [5.41, 5.74) is 0.761. The molecular weight excluding hydrogens is 244 g/mol. The van der Waals surface area contributed by atoms with E-state index < -0.39 is 0 Å². The Bertz CT molecular complexity index is 723. The van der Waals surface area contributed by atoms with E-state index in [0.29, 0.717) is 5.88 Å². The van der Waals surface area contributed by atoms with E-state index in [1.54, 1.807) is 24.3 Å². The van der Waals surface area contributed by atoms with E-state index in [4.69, 9.17) is 4.74 Å². The van der Waals surface area contributed by atoms with E-state index in [1.807, 2.05) is 24.3 Å². The van der Waals surface area contributed by atoms with Crippen molar-refractivity contribution in [2.45, 2.75) is 6.61 Å². The number of ether oxygens (including phenoxy) is 1. The predicted molar refractivity (Wildman–Crippen MR) is 68.7 cm³/mol. The number of fused-ring (bicyclic) bond motifs is 1. The first-order chi connectivity index (χ1) is 9.28. The van der Waals surface area contributed by atoms with Crippen molar-refractivity contribution in [1.29, 1.82) is 0 Å². The minimum absolute atomic E-state index is 0.0599. The Morgan fingerprint density at radius 2 is 2.00 bits per heavy atom. The second-order valence-corrected chi connectivity index (χ2v) is 4.10. The van der Waals surface area contributed by atoms with Crippen LogP contribution in [0, 0.1) is 0 Å². The van der Waals surface area contributed by atoms with Crippen molar-refractivity contribution in [3.8, 4) is 11.9 Å². The molecule has 2 heterocycles. The van der Waals surface area contributed by atoms with Gasteiger partial charge >= 0.3 is 6.01 Å². The standard InChI is InChI=1S/C13H12N4O2/c1-17-8-15-13(16-17)19-12-11-5-3-2-4-10(11)9(7-18)6-14-12/h2-6,8,18H,7H2,1H3. The van der Waals surface area contributed by atoms with Crippen molar-refractivity contribution in [3.63, 3.8) is 0 Å². The van der Waals surface area contributed by atoms with E-state index in [-0.39, 0.29) is 12.6 Å². The molecule has 96 valence electrons. The molecule has 3 aromatic rings. The van der Waals surface area contributed by atoms with Gasteiger partial charge < -0.3 is 9.84 Å². The van der Waals surface area contributed by atoms with Crippen LogP contribution in [0.4, 0.5) is 0 Å². The number of hydrogen-bond acceptors (Lipinski definition) is 5. The molecule has 0 aliphatic carbocycles. The summed E-state index contributed by atoms with van der Waals surface area (Å²) in [5.74, 6) is 0.430. The fourth-order valence-corrected chi connectivity index (χ4v) is 1.89. The third-order valence-electron chi connectivity index (χ3n) is 2.78. The minimum atomic E-state index is -0.0599. The Morgan fingerprint density at radius 1 is 1.21 bits per heavy atom. The van der Waals surface area contributed by atoms with Crippen molar-refractivity contribution in [1.82, 2.24) is 19.7 Å². The lowest BCUT2D eigenvalue weighted by Gasteiger charge is -2.07. The molecule has 0 unspecified atom stereocenters. The molecule has 0 spiro atoms. The summed E-state index contributed by atoms with van der Waals surface area (Å²) in [4.78, 5) is 8.21. The van der Waals surface area contributed by atoms with Gasteiger partial charge in [0.15, 0.2) is 0 Å². The molecule has 6 heteroatoms. The summed E-state index contributed by atoms with van der Waals surface area (Å²) >= 11 is 0. The molecule has 1 aromatic carbocycles. The average molecular weight is 256 g/mol. The van der Waals surface area contributed by atoms with Gasteiger partial charge in [-0.1, -0.05) is 18.2 Å². The van der Waals surface area contributed by atoms with Gasteiger partial charge in [-0.15, -0.1) is 5.10 Å². The molecule has 3 rings (SSSR count). The van der Waals surface area contributed by atoms with Gasteiger partial charge in [0.25, 0.3) is 0 Å². The summed E-state index contributed by atoms with van der Waals surface area (Å²) < 4.78 is 7.13. The third-order valence-corrected chi connectivity index (χ3v) is 2.78. The van der Waals surface area contributed by atoms with Crippen LogP contribution >= 0.6 is 0 Å². The lowest BCUT2D eigenvalue weighted by Crippen LogP contribution is -1.95. The lowest BCUT2D eigenvalue weighted by atomic mass is 10.1. The first-order valence-corrected chi connectivity index (χ1v) is 5.79. The second kappa shape index (κ2) is 4.66. The monoisotopic (exact) mass is 256 g/mol. The van der Waals surface area contributed by atoms with Crippen LogP contribution in [0.1, 0.15) is 5.56 Å². The van der Waals surface area contributed by atoms with Crippen molar-refractivity contribution in [2.75, 3.05) is 0 Å². The maximum absolute atomic E-state index is 9.31. The maximum atomic E-state index is 9.31. The zero-order valence-corrected chi connectivity index (χ0v) is 10.3. The molecule has 0 saturated heterocycles. The fourth-order valence-electron chi connectivity index (χ4n) is 1.89. The molecule has 2 aromatic heterocycles. The number of aryl methyl sites for hydroxylation is 1. The highest BCUT2D eigenvalue weighted by Crippen LogP contribution is 2.28. The summed E-state index contributed by atoms with van der Waals surface area (Å²) in [6.45, 7) is -0.0599. The Balaban J connectivity index is 2.09. The molecular formula is C13H12N4O2. The van der Waals surface area contributed by atoms with Crippen LogP contribution in [-0.4, -0.2) is 24.9 Å². The smallest absolute Gasteiger partial charge is 0.342 e. The molecule has 0 aliphatic rings. The molecule has 19 heavy (non-hydrogen) atoms. The molecule has 0 amide bonds. The molecule has 6 nitrogen and oxygen atoms in total. The normalized spacial score (nSPS) is 10.8.